The third kappa shape index (κ3) is 8.99. The molecule has 0 aliphatic carbocycles. The third-order valence-corrected chi connectivity index (χ3v) is 7.07. The van der Waals surface area contributed by atoms with Crippen LogP contribution in [-0.2, 0) is 17.8 Å². The van der Waals surface area contributed by atoms with Crippen molar-refractivity contribution in [3.63, 3.8) is 0 Å². The molecule has 16 heteroatoms. The number of aromatic nitrogens is 4. The van der Waals surface area contributed by atoms with E-state index >= 15 is 0 Å². The van der Waals surface area contributed by atoms with Crippen LogP contribution in [0.15, 0.2) is 71.8 Å². The number of ether oxygens (including phenoxy) is 1. The Balaban J connectivity index is 0.00000235. The molecule has 1 aliphatic rings. The first-order valence-electron chi connectivity index (χ1n) is 13.2. The summed E-state index contributed by atoms with van der Waals surface area (Å²) in [6, 6.07) is 13.6. The molecule has 0 spiro atoms. The lowest BCUT2D eigenvalue weighted by atomic mass is 9.95. The second kappa shape index (κ2) is 15.8. The van der Waals surface area contributed by atoms with Crippen LogP contribution in [0.3, 0.4) is 0 Å². The van der Waals surface area contributed by atoms with Crippen molar-refractivity contribution in [2.45, 2.75) is 44.6 Å². The van der Waals surface area contributed by atoms with Crippen LogP contribution in [0, 0.1) is 6.92 Å². The second-order valence-electron chi connectivity index (χ2n) is 9.83. The van der Waals surface area contributed by atoms with Crippen molar-refractivity contribution in [3.8, 4) is 5.75 Å². The van der Waals surface area contributed by atoms with Crippen LogP contribution >= 0.6 is 37.2 Å². The van der Waals surface area contributed by atoms with Crippen LogP contribution in [0.2, 0.25) is 0 Å². The average molecular weight is 689 g/mol. The van der Waals surface area contributed by atoms with Crippen molar-refractivity contribution in [2.24, 2.45) is 0 Å². The highest BCUT2D eigenvalue weighted by Gasteiger charge is 2.32. The lowest BCUT2D eigenvalue weighted by molar-refractivity contribution is -0.274. The van der Waals surface area contributed by atoms with Gasteiger partial charge in [0.05, 0.1) is 0 Å². The zero-order valence-corrected chi connectivity index (χ0v) is 26.2. The number of rotatable bonds is 9. The molecule has 5 rings (SSSR count). The maximum atomic E-state index is 13.5. The predicted molar refractivity (Wildman–Crippen MR) is 171 cm³/mol. The van der Waals surface area contributed by atoms with Gasteiger partial charge >= 0.3 is 6.36 Å². The highest BCUT2D eigenvalue weighted by Crippen LogP contribution is 2.29. The third-order valence-electron chi connectivity index (χ3n) is 7.07. The summed E-state index contributed by atoms with van der Waals surface area (Å²) in [6.45, 7) is 2.21. The lowest BCUT2D eigenvalue weighted by Gasteiger charge is -2.20. The molecular formula is C29H31Cl3F3N7O3. The van der Waals surface area contributed by atoms with Crippen molar-refractivity contribution >= 4 is 54.8 Å². The number of benzene rings is 1. The molecule has 1 aliphatic heterocycles. The smallest absolute Gasteiger partial charge is 0.406 e. The van der Waals surface area contributed by atoms with E-state index in [0.717, 1.165) is 5.56 Å². The van der Waals surface area contributed by atoms with Crippen LogP contribution in [0.5, 0.6) is 5.75 Å². The number of anilines is 2. The Bertz CT molecular complexity index is 1640. The summed E-state index contributed by atoms with van der Waals surface area (Å²) in [6.07, 6.45) is -0.646. The molecular weight excluding hydrogens is 658 g/mol. The van der Waals surface area contributed by atoms with Gasteiger partial charge in [0.1, 0.15) is 17.6 Å². The van der Waals surface area contributed by atoms with Gasteiger partial charge in [-0.1, -0.05) is 24.3 Å². The number of pyridine rings is 2. The average Bonchev–Trinajstić information content (AvgIpc) is 3.39. The number of carbonyl (C=O) groups is 1. The molecule has 0 saturated heterocycles. The van der Waals surface area contributed by atoms with Crippen molar-refractivity contribution in [3.05, 3.63) is 106 Å². The molecule has 4 heterocycles. The maximum absolute atomic E-state index is 13.5. The van der Waals surface area contributed by atoms with E-state index in [1.54, 1.807) is 49.6 Å². The molecule has 242 valence electrons. The summed E-state index contributed by atoms with van der Waals surface area (Å²) in [4.78, 5) is 39.5. The van der Waals surface area contributed by atoms with Gasteiger partial charge in [0.2, 0.25) is 5.91 Å². The lowest BCUT2D eigenvalue weighted by Crippen LogP contribution is -2.36. The van der Waals surface area contributed by atoms with E-state index in [-0.39, 0.29) is 67.8 Å². The predicted octanol–water partition coefficient (Wildman–Crippen LogP) is 5.14. The van der Waals surface area contributed by atoms with E-state index < -0.39 is 23.9 Å². The number of nitrogen functional groups attached to an aromatic ring is 1. The molecule has 2 atom stereocenters. The summed E-state index contributed by atoms with van der Waals surface area (Å²) in [5.41, 5.74) is 8.74. The number of halogens is 6. The topological polar surface area (TPSA) is 137 Å². The molecule has 0 saturated carbocycles. The largest absolute Gasteiger partial charge is 0.573 e. The minimum absolute atomic E-state index is 0. The van der Waals surface area contributed by atoms with Crippen LogP contribution in [0.4, 0.5) is 24.8 Å². The number of amides is 1. The number of hydrogen-bond acceptors (Lipinski definition) is 8. The Kier molecular flexibility index (Phi) is 13.0. The second-order valence-corrected chi connectivity index (χ2v) is 9.83. The molecule has 45 heavy (non-hydrogen) atoms. The van der Waals surface area contributed by atoms with Gasteiger partial charge in [-0.2, -0.15) is 0 Å². The van der Waals surface area contributed by atoms with Gasteiger partial charge < -0.3 is 21.1 Å². The van der Waals surface area contributed by atoms with Gasteiger partial charge in [0, 0.05) is 48.5 Å². The zero-order chi connectivity index (χ0) is 29.9. The van der Waals surface area contributed by atoms with Gasteiger partial charge in [-0.25, -0.2) is 9.97 Å². The van der Waals surface area contributed by atoms with Gasteiger partial charge in [-0.15, -0.1) is 50.4 Å². The first-order valence-corrected chi connectivity index (χ1v) is 13.2. The van der Waals surface area contributed by atoms with E-state index in [0.29, 0.717) is 41.3 Å². The maximum Gasteiger partial charge on any atom is 0.573 e. The normalized spacial score (nSPS) is 14.1. The summed E-state index contributed by atoms with van der Waals surface area (Å²) in [5.74, 6) is -0.623. The minimum atomic E-state index is -4.80. The van der Waals surface area contributed by atoms with Crippen molar-refractivity contribution in [2.75, 3.05) is 17.6 Å². The SMILES string of the molecule is Cc1nc(N)ccc1CNC(=O)[C@@H]1CCc2cnc(NC[C@H](c3ccc(OC(F)(F)F)cc3)c3ccccn3)c(=O)n21.Cl.Cl.Cl. The molecule has 0 bridgehead atoms. The molecule has 4 aromatic rings. The zero-order valence-electron chi connectivity index (χ0n) is 23.8. The van der Waals surface area contributed by atoms with Gasteiger partial charge in [-0.3, -0.25) is 19.1 Å². The summed E-state index contributed by atoms with van der Waals surface area (Å²) < 4.78 is 43.3. The molecule has 10 nitrogen and oxygen atoms in total. The van der Waals surface area contributed by atoms with Crippen LogP contribution < -0.4 is 26.7 Å². The monoisotopic (exact) mass is 687 g/mol. The molecule has 0 fully saturated rings. The Morgan fingerprint density at radius 2 is 1.82 bits per heavy atom. The molecule has 1 amide bonds. The van der Waals surface area contributed by atoms with Crippen LogP contribution in [0.1, 0.15) is 46.6 Å². The Morgan fingerprint density at radius 3 is 2.47 bits per heavy atom. The van der Waals surface area contributed by atoms with Crippen molar-refractivity contribution in [1.29, 1.82) is 0 Å². The number of hydrogen-bond donors (Lipinski definition) is 3. The Labute approximate surface area is 275 Å². The molecule has 4 N–H and O–H groups in total. The van der Waals surface area contributed by atoms with E-state index in [9.17, 15) is 22.8 Å². The number of fused-ring (bicyclic) bond motifs is 1. The minimum Gasteiger partial charge on any atom is -0.406 e. The first-order chi connectivity index (χ1) is 20.1. The van der Waals surface area contributed by atoms with Crippen molar-refractivity contribution in [1.82, 2.24) is 24.8 Å². The number of nitrogens with zero attached hydrogens (tertiary/aromatic N) is 4. The number of aryl methyl sites for hydroxylation is 2. The fourth-order valence-electron chi connectivity index (χ4n) is 4.98. The number of carbonyl (C=O) groups excluding carboxylic acids is 1. The summed E-state index contributed by atoms with van der Waals surface area (Å²) in [5, 5.41) is 5.97. The standard InChI is InChI=1S/C29H28F3N7O3.3ClH/c1-17-19(7-12-25(33)38-17)14-37-27(40)24-11-8-20-15-35-26(28(41)39(20)24)36-16-22(23-4-2-3-13-34-23)18-5-9-21(10-6-18)42-29(30,31)32;;;/h2-7,9-10,12-13,15,22,24H,8,11,14,16H2,1H3,(H2,33,38)(H,35,36)(H,37,40);3*1H/t22-,24+;;;/m1.../s1. The fraction of sp³-hybridized carbons (Fsp3) is 0.276. The van der Waals surface area contributed by atoms with E-state index in [1.165, 1.54) is 28.8 Å². The highest BCUT2D eigenvalue weighted by atomic mass is 35.5. The first kappa shape index (κ1) is 37.1. The summed E-state index contributed by atoms with van der Waals surface area (Å²) >= 11 is 0. The van der Waals surface area contributed by atoms with Gasteiger partial charge in [0.15, 0.2) is 5.82 Å². The Morgan fingerprint density at radius 1 is 1.09 bits per heavy atom. The number of nitrogens with one attached hydrogen (secondary N) is 2. The molecule has 1 aromatic carbocycles. The molecule has 0 radical (unpaired) electrons. The van der Waals surface area contributed by atoms with Crippen molar-refractivity contribution < 1.29 is 22.7 Å². The van der Waals surface area contributed by atoms with Gasteiger partial charge in [-0.05, 0) is 61.2 Å². The van der Waals surface area contributed by atoms with E-state index in [4.69, 9.17) is 5.73 Å². The fourth-order valence-corrected chi connectivity index (χ4v) is 4.98. The Hall–Kier alpha value is -4.07. The van der Waals surface area contributed by atoms with Crippen LogP contribution in [-0.4, -0.2) is 38.3 Å². The van der Waals surface area contributed by atoms with E-state index in [1.807, 2.05) is 0 Å². The highest BCUT2D eigenvalue weighted by molar-refractivity contribution is 5.86. The quantitative estimate of drug-likeness (QED) is 0.220. The van der Waals surface area contributed by atoms with Crippen LogP contribution in [0.25, 0.3) is 0 Å². The van der Waals surface area contributed by atoms with E-state index in [2.05, 4.69) is 30.3 Å². The number of alkyl halides is 3. The number of nitrogens with two attached hydrogens (primary N) is 1. The molecule has 3 aromatic heterocycles. The van der Waals surface area contributed by atoms with Gasteiger partial charge in [0.25, 0.3) is 5.56 Å². The summed E-state index contributed by atoms with van der Waals surface area (Å²) in [7, 11) is 0. The molecule has 0 unspecified atom stereocenters.